The largest absolute Gasteiger partial charge is 0.476 e. The highest BCUT2D eigenvalue weighted by atomic mass is 16.7. The van der Waals surface area contributed by atoms with E-state index in [2.05, 4.69) is 6.92 Å². The van der Waals surface area contributed by atoms with Crippen molar-refractivity contribution >= 4 is 5.97 Å². The maximum absolute atomic E-state index is 12.0. The molecule has 0 bridgehead atoms. The Bertz CT molecular complexity index is 589. The number of aliphatic carboxylic acids is 1. The smallest absolute Gasteiger partial charge is 0.377 e. The molecule has 34 heavy (non-hydrogen) atoms. The lowest BCUT2D eigenvalue weighted by Crippen LogP contribution is -2.47. The summed E-state index contributed by atoms with van der Waals surface area (Å²) in [5, 5.41) is 9.81. The minimum atomic E-state index is -1.59. The molecule has 1 aromatic rings. The lowest BCUT2D eigenvalue weighted by molar-refractivity contribution is -0.213. The molecule has 1 atom stereocenters. The summed E-state index contributed by atoms with van der Waals surface area (Å²) in [6.45, 7) is 4.39. The number of ether oxygens (including phenoxy) is 2. The third-order valence-corrected chi connectivity index (χ3v) is 6.59. The minimum Gasteiger partial charge on any atom is -0.476 e. The van der Waals surface area contributed by atoms with E-state index >= 15 is 0 Å². The number of para-hydroxylation sites is 1. The topological polar surface area (TPSA) is 55.8 Å². The Morgan fingerprint density at radius 3 is 1.47 bits per heavy atom. The van der Waals surface area contributed by atoms with Crippen LogP contribution in [0.15, 0.2) is 30.3 Å². The van der Waals surface area contributed by atoms with Gasteiger partial charge in [-0.3, -0.25) is 0 Å². The molecule has 0 heterocycles. The summed E-state index contributed by atoms with van der Waals surface area (Å²) in [5.41, 5.74) is 0. The first-order chi connectivity index (χ1) is 16.6. The number of hydrogen-bond acceptors (Lipinski definition) is 3. The monoisotopic (exact) mass is 476 g/mol. The van der Waals surface area contributed by atoms with Crippen LogP contribution >= 0.6 is 0 Å². The first-order valence-corrected chi connectivity index (χ1v) is 14.3. The zero-order valence-corrected chi connectivity index (χ0v) is 22.2. The Kier molecular flexibility index (Phi) is 18.6. The molecule has 0 aliphatic rings. The van der Waals surface area contributed by atoms with E-state index < -0.39 is 11.8 Å². The fourth-order valence-electron chi connectivity index (χ4n) is 4.54. The van der Waals surface area contributed by atoms with Gasteiger partial charge < -0.3 is 14.6 Å². The molecule has 1 rings (SSSR count). The number of carboxylic acids is 1. The van der Waals surface area contributed by atoms with Crippen LogP contribution in [-0.2, 0) is 9.53 Å². The van der Waals surface area contributed by atoms with Crippen LogP contribution in [0.2, 0.25) is 0 Å². The summed E-state index contributed by atoms with van der Waals surface area (Å²) in [7, 11) is 0. The lowest BCUT2D eigenvalue weighted by atomic mass is 10.0. The van der Waals surface area contributed by atoms with Crippen LogP contribution < -0.4 is 4.74 Å². The molecule has 0 aromatic heterocycles. The lowest BCUT2D eigenvalue weighted by Gasteiger charge is -2.30. The first-order valence-electron chi connectivity index (χ1n) is 14.3. The van der Waals surface area contributed by atoms with Crippen LogP contribution in [0.25, 0.3) is 0 Å². The average Bonchev–Trinajstić information content (AvgIpc) is 2.84. The van der Waals surface area contributed by atoms with E-state index in [-0.39, 0.29) is 0 Å². The molecular weight excluding hydrogens is 424 g/mol. The van der Waals surface area contributed by atoms with Crippen LogP contribution in [0.1, 0.15) is 136 Å². The molecular formula is C30H52O4. The molecule has 4 nitrogen and oxygen atoms in total. The van der Waals surface area contributed by atoms with Crippen molar-refractivity contribution in [2.45, 2.75) is 142 Å². The Labute approximate surface area is 209 Å². The molecule has 0 spiro atoms. The number of benzene rings is 1. The maximum atomic E-state index is 12.0. The van der Waals surface area contributed by atoms with Crippen molar-refractivity contribution in [3.05, 3.63) is 30.3 Å². The van der Waals surface area contributed by atoms with E-state index in [1.54, 1.807) is 12.1 Å². The minimum absolute atomic E-state index is 0.304. The zero-order chi connectivity index (χ0) is 24.7. The van der Waals surface area contributed by atoms with Crippen LogP contribution in [0.4, 0.5) is 0 Å². The quantitative estimate of drug-likeness (QED) is 0.119. The molecule has 1 aromatic carbocycles. The van der Waals surface area contributed by atoms with Crippen LogP contribution in [0.3, 0.4) is 0 Å². The fourth-order valence-corrected chi connectivity index (χ4v) is 4.54. The van der Waals surface area contributed by atoms with E-state index in [1.165, 1.54) is 96.3 Å². The summed E-state index contributed by atoms with van der Waals surface area (Å²) in [5.74, 6) is -2.11. The molecule has 1 N–H and O–H groups in total. The predicted molar refractivity (Wildman–Crippen MR) is 142 cm³/mol. The van der Waals surface area contributed by atoms with Gasteiger partial charge in [-0.15, -0.1) is 0 Å². The van der Waals surface area contributed by atoms with Crippen LogP contribution in [-0.4, -0.2) is 23.5 Å². The third kappa shape index (κ3) is 14.7. The number of unbranched alkanes of at least 4 members (excludes halogenated alkanes) is 17. The van der Waals surface area contributed by atoms with Gasteiger partial charge in [-0.1, -0.05) is 134 Å². The van der Waals surface area contributed by atoms with Crippen molar-refractivity contribution in [2.24, 2.45) is 0 Å². The highest BCUT2D eigenvalue weighted by Crippen LogP contribution is 2.26. The van der Waals surface area contributed by atoms with Crippen molar-refractivity contribution in [3.63, 3.8) is 0 Å². The number of carbonyl (C=O) groups is 1. The zero-order valence-electron chi connectivity index (χ0n) is 22.2. The van der Waals surface area contributed by atoms with Gasteiger partial charge in [0, 0.05) is 13.0 Å². The van der Waals surface area contributed by atoms with Crippen LogP contribution in [0, 0.1) is 0 Å². The fraction of sp³-hybridized carbons (Fsp3) is 0.767. The van der Waals surface area contributed by atoms with Crippen LogP contribution in [0.5, 0.6) is 5.75 Å². The Morgan fingerprint density at radius 2 is 1.09 bits per heavy atom. The summed E-state index contributed by atoms with van der Waals surface area (Å²) < 4.78 is 11.4. The van der Waals surface area contributed by atoms with Gasteiger partial charge in [-0.05, 0) is 25.5 Å². The van der Waals surface area contributed by atoms with Crippen molar-refractivity contribution in [3.8, 4) is 5.75 Å². The number of hydrogen-bond donors (Lipinski definition) is 1. The Morgan fingerprint density at radius 1 is 0.676 bits per heavy atom. The molecule has 0 radical (unpaired) electrons. The standard InChI is InChI=1S/C30H52O4/c1-3-5-6-7-8-9-10-11-12-13-14-15-16-17-18-19-20-24-27-30(29(31)32,33-4-2)34-28-25-22-21-23-26-28/h21-23,25-26H,3-20,24,27H2,1-2H3,(H,31,32). The Balaban J connectivity index is 2.03. The summed E-state index contributed by atoms with van der Waals surface area (Å²) >= 11 is 0. The predicted octanol–water partition coefficient (Wildman–Crippen LogP) is 9.31. The van der Waals surface area contributed by atoms with Gasteiger partial charge in [0.15, 0.2) is 0 Å². The molecule has 0 aliphatic heterocycles. The molecule has 0 saturated carbocycles. The Hall–Kier alpha value is -1.55. The maximum Gasteiger partial charge on any atom is 0.377 e. The van der Waals surface area contributed by atoms with Gasteiger partial charge in [0.1, 0.15) is 5.75 Å². The summed E-state index contributed by atoms with van der Waals surface area (Å²) in [6, 6.07) is 9.10. The average molecular weight is 477 g/mol. The van der Waals surface area contributed by atoms with Gasteiger partial charge >= 0.3 is 11.8 Å². The second-order valence-corrected chi connectivity index (χ2v) is 9.67. The molecule has 196 valence electrons. The highest BCUT2D eigenvalue weighted by molar-refractivity contribution is 5.76. The van der Waals surface area contributed by atoms with Crippen molar-refractivity contribution in [1.82, 2.24) is 0 Å². The molecule has 0 aliphatic carbocycles. The second-order valence-electron chi connectivity index (χ2n) is 9.67. The highest BCUT2D eigenvalue weighted by Gasteiger charge is 2.41. The number of carboxylic acid groups (broad SMARTS) is 1. The molecule has 0 fully saturated rings. The van der Waals surface area contributed by atoms with Gasteiger partial charge in [0.05, 0.1) is 0 Å². The summed E-state index contributed by atoms with van der Waals surface area (Å²) in [4.78, 5) is 12.0. The van der Waals surface area contributed by atoms with Gasteiger partial charge in [-0.25, -0.2) is 4.79 Å². The van der Waals surface area contributed by atoms with Gasteiger partial charge in [0.2, 0.25) is 0 Å². The van der Waals surface area contributed by atoms with Gasteiger partial charge in [-0.2, -0.15) is 0 Å². The normalized spacial score (nSPS) is 13.0. The van der Waals surface area contributed by atoms with E-state index in [0.717, 1.165) is 19.3 Å². The van der Waals surface area contributed by atoms with Crippen molar-refractivity contribution in [2.75, 3.05) is 6.61 Å². The molecule has 0 saturated heterocycles. The van der Waals surface area contributed by atoms with Crippen molar-refractivity contribution in [1.29, 1.82) is 0 Å². The summed E-state index contributed by atoms with van der Waals surface area (Å²) in [6.07, 6.45) is 24.0. The SMILES string of the molecule is CCCCCCCCCCCCCCCCCCCCC(OCC)(Oc1ccccc1)C(=O)O. The van der Waals surface area contributed by atoms with E-state index in [9.17, 15) is 9.90 Å². The van der Waals surface area contributed by atoms with Gasteiger partial charge in [0.25, 0.3) is 0 Å². The molecule has 4 heteroatoms. The second kappa shape index (κ2) is 20.8. The molecule has 0 amide bonds. The number of rotatable bonds is 24. The molecule has 1 unspecified atom stereocenters. The first kappa shape index (κ1) is 30.5. The van der Waals surface area contributed by atoms with E-state index in [4.69, 9.17) is 9.47 Å². The third-order valence-electron chi connectivity index (χ3n) is 6.59. The van der Waals surface area contributed by atoms with E-state index in [1.807, 2.05) is 25.1 Å². The van der Waals surface area contributed by atoms with Crippen molar-refractivity contribution < 1.29 is 19.4 Å². The van der Waals surface area contributed by atoms with E-state index in [0.29, 0.717) is 18.8 Å².